The van der Waals surface area contributed by atoms with Crippen molar-refractivity contribution in [1.82, 2.24) is 14.8 Å². The Labute approximate surface area is 92.3 Å². The Balaban J connectivity index is 2.56. The SMILES string of the molecule is COc1ccnn(-c2ccc(C)nc2)c1=O. The van der Waals surface area contributed by atoms with Crippen LogP contribution in [0.5, 0.6) is 5.75 Å². The van der Waals surface area contributed by atoms with Crippen LogP contribution in [0.15, 0.2) is 35.4 Å². The van der Waals surface area contributed by atoms with Crippen LogP contribution in [0.1, 0.15) is 5.69 Å². The van der Waals surface area contributed by atoms with Crippen molar-refractivity contribution >= 4 is 0 Å². The summed E-state index contributed by atoms with van der Waals surface area (Å²) < 4.78 is 6.19. The molecule has 0 spiro atoms. The number of aryl methyl sites for hydroxylation is 1. The third-order valence-corrected chi connectivity index (χ3v) is 2.17. The summed E-state index contributed by atoms with van der Waals surface area (Å²) in [4.78, 5) is 15.9. The number of hydrogen-bond acceptors (Lipinski definition) is 4. The first-order valence-corrected chi connectivity index (χ1v) is 4.78. The molecule has 0 aliphatic rings. The molecule has 0 bridgehead atoms. The Morgan fingerprint density at radius 1 is 1.31 bits per heavy atom. The van der Waals surface area contributed by atoms with Gasteiger partial charge in [0.25, 0.3) is 0 Å². The summed E-state index contributed by atoms with van der Waals surface area (Å²) >= 11 is 0. The molecule has 2 heterocycles. The van der Waals surface area contributed by atoms with Gasteiger partial charge in [-0.15, -0.1) is 0 Å². The third-order valence-electron chi connectivity index (χ3n) is 2.17. The van der Waals surface area contributed by atoms with Gasteiger partial charge in [0.1, 0.15) is 0 Å². The van der Waals surface area contributed by atoms with Gasteiger partial charge in [-0.2, -0.15) is 9.78 Å². The minimum Gasteiger partial charge on any atom is -0.491 e. The molecule has 16 heavy (non-hydrogen) atoms. The van der Waals surface area contributed by atoms with Crippen LogP contribution >= 0.6 is 0 Å². The zero-order valence-corrected chi connectivity index (χ0v) is 9.04. The van der Waals surface area contributed by atoms with Crippen molar-refractivity contribution in [2.45, 2.75) is 6.92 Å². The summed E-state index contributed by atoms with van der Waals surface area (Å²) in [6.07, 6.45) is 3.11. The Kier molecular flexibility index (Phi) is 2.68. The molecule has 0 N–H and O–H groups in total. The van der Waals surface area contributed by atoms with Gasteiger partial charge >= 0.3 is 5.56 Å². The standard InChI is InChI=1S/C11H11N3O2/c1-8-3-4-9(7-12-8)14-11(15)10(16-2)5-6-13-14/h3-7H,1-2H3. The second-order valence-electron chi connectivity index (χ2n) is 3.27. The van der Waals surface area contributed by atoms with E-state index < -0.39 is 0 Å². The highest BCUT2D eigenvalue weighted by Crippen LogP contribution is 2.05. The first-order valence-electron chi connectivity index (χ1n) is 4.78. The maximum atomic E-state index is 11.8. The van der Waals surface area contributed by atoms with E-state index in [2.05, 4.69) is 10.1 Å². The predicted octanol–water partition coefficient (Wildman–Crippen LogP) is 0.945. The van der Waals surface area contributed by atoms with Gasteiger partial charge in [-0.3, -0.25) is 9.78 Å². The second-order valence-corrected chi connectivity index (χ2v) is 3.27. The zero-order chi connectivity index (χ0) is 11.5. The van der Waals surface area contributed by atoms with Gasteiger partial charge in [-0.1, -0.05) is 0 Å². The van der Waals surface area contributed by atoms with E-state index in [0.29, 0.717) is 5.69 Å². The Bertz CT molecular complexity index is 546. The second kappa shape index (κ2) is 4.14. The van der Waals surface area contributed by atoms with Gasteiger partial charge in [0.15, 0.2) is 5.75 Å². The van der Waals surface area contributed by atoms with Crippen molar-refractivity contribution in [1.29, 1.82) is 0 Å². The van der Waals surface area contributed by atoms with Crippen LogP contribution in [-0.2, 0) is 0 Å². The lowest BCUT2D eigenvalue weighted by Crippen LogP contribution is -2.21. The lowest BCUT2D eigenvalue weighted by Gasteiger charge is -2.05. The van der Waals surface area contributed by atoms with E-state index in [1.807, 2.05) is 13.0 Å². The maximum absolute atomic E-state index is 11.8. The number of pyridine rings is 1. The summed E-state index contributed by atoms with van der Waals surface area (Å²) in [5, 5.41) is 3.97. The van der Waals surface area contributed by atoms with Gasteiger partial charge < -0.3 is 4.74 Å². The first-order chi connectivity index (χ1) is 7.72. The minimum absolute atomic E-state index is 0.260. The number of aromatic nitrogens is 3. The molecule has 0 radical (unpaired) electrons. The molecule has 0 aliphatic heterocycles. The average Bonchev–Trinajstić information content (AvgIpc) is 2.31. The van der Waals surface area contributed by atoms with Crippen molar-refractivity contribution in [3.05, 3.63) is 46.6 Å². The minimum atomic E-state index is -0.296. The zero-order valence-electron chi connectivity index (χ0n) is 9.04. The van der Waals surface area contributed by atoms with Crippen LogP contribution in [0.3, 0.4) is 0 Å². The summed E-state index contributed by atoms with van der Waals surface area (Å²) in [6.45, 7) is 1.88. The van der Waals surface area contributed by atoms with E-state index in [-0.39, 0.29) is 11.3 Å². The molecule has 82 valence electrons. The van der Waals surface area contributed by atoms with Gasteiger partial charge in [-0.25, -0.2) is 0 Å². The molecule has 0 aromatic carbocycles. The largest absolute Gasteiger partial charge is 0.491 e. The molecule has 0 fully saturated rings. The topological polar surface area (TPSA) is 57.0 Å². The fourth-order valence-corrected chi connectivity index (χ4v) is 1.32. The molecule has 0 amide bonds. The normalized spacial score (nSPS) is 10.1. The first kappa shape index (κ1) is 10.4. The molecule has 5 nitrogen and oxygen atoms in total. The highest BCUT2D eigenvalue weighted by molar-refractivity contribution is 5.30. The van der Waals surface area contributed by atoms with E-state index in [0.717, 1.165) is 5.69 Å². The smallest absolute Gasteiger partial charge is 0.313 e. The molecule has 0 aliphatic carbocycles. The monoisotopic (exact) mass is 217 g/mol. The summed E-state index contributed by atoms with van der Waals surface area (Å²) in [5.41, 5.74) is 1.21. The molecule has 0 atom stereocenters. The average molecular weight is 217 g/mol. The van der Waals surface area contributed by atoms with Crippen molar-refractivity contribution in [2.75, 3.05) is 7.11 Å². The molecule has 2 rings (SSSR count). The highest BCUT2D eigenvalue weighted by Gasteiger charge is 2.05. The van der Waals surface area contributed by atoms with Gasteiger partial charge in [0.05, 0.1) is 25.2 Å². The fourth-order valence-electron chi connectivity index (χ4n) is 1.32. The van der Waals surface area contributed by atoms with Crippen LogP contribution in [0.4, 0.5) is 0 Å². The number of nitrogens with zero attached hydrogens (tertiary/aromatic N) is 3. The van der Waals surface area contributed by atoms with Gasteiger partial charge in [0, 0.05) is 11.8 Å². The van der Waals surface area contributed by atoms with Gasteiger partial charge in [0.2, 0.25) is 0 Å². The van der Waals surface area contributed by atoms with E-state index in [1.165, 1.54) is 24.1 Å². The molecule has 5 heteroatoms. The van der Waals surface area contributed by atoms with Crippen LogP contribution in [0.2, 0.25) is 0 Å². The van der Waals surface area contributed by atoms with E-state index in [4.69, 9.17) is 4.74 Å². The summed E-state index contributed by atoms with van der Waals surface area (Å²) in [6, 6.07) is 5.14. The van der Waals surface area contributed by atoms with Crippen LogP contribution < -0.4 is 10.3 Å². The molecular weight excluding hydrogens is 206 g/mol. The van der Waals surface area contributed by atoms with Crippen molar-refractivity contribution in [2.24, 2.45) is 0 Å². The third kappa shape index (κ3) is 1.79. The summed E-state index contributed by atoms with van der Waals surface area (Å²) in [5.74, 6) is 0.260. The number of methoxy groups -OCH3 is 1. The lowest BCUT2D eigenvalue weighted by molar-refractivity contribution is 0.403. The van der Waals surface area contributed by atoms with Crippen molar-refractivity contribution in [3.63, 3.8) is 0 Å². The lowest BCUT2D eigenvalue weighted by atomic mass is 10.3. The Morgan fingerprint density at radius 2 is 2.12 bits per heavy atom. The van der Waals surface area contributed by atoms with Crippen molar-refractivity contribution < 1.29 is 4.74 Å². The van der Waals surface area contributed by atoms with Crippen LogP contribution in [0.25, 0.3) is 5.69 Å². The molecular formula is C11H11N3O2. The van der Waals surface area contributed by atoms with E-state index in [9.17, 15) is 4.79 Å². The highest BCUT2D eigenvalue weighted by atomic mass is 16.5. The number of rotatable bonds is 2. The van der Waals surface area contributed by atoms with E-state index in [1.54, 1.807) is 12.3 Å². The Morgan fingerprint density at radius 3 is 2.75 bits per heavy atom. The van der Waals surface area contributed by atoms with E-state index >= 15 is 0 Å². The fraction of sp³-hybridized carbons (Fsp3) is 0.182. The predicted molar refractivity (Wildman–Crippen MR) is 58.9 cm³/mol. The maximum Gasteiger partial charge on any atom is 0.313 e. The molecule has 2 aromatic rings. The van der Waals surface area contributed by atoms with Gasteiger partial charge in [-0.05, 0) is 19.1 Å². The molecule has 0 saturated heterocycles. The number of ether oxygens (including phenoxy) is 1. The Hall–Kier alpha value is -2.17. The quantitative estimate of drug-likeness (QED) is 0.751. The molecule has 2 aromatic heterocycles. The number of hydrogen-bond donors (Lipinski definition) is 0. The van der Waals surface area contributed by atoms with Crippen LogP contribution in [-0.4, -0.2) is 21.9 Å². The molecule has 0 unspecified atom stereocenters. The summed E-state index contributed by atoms with van der Waals surface area (Å²) in [7, 11) is 1.45. The van der Waals surface area contributed by atoms with Crippen molar-refractivity contribution in [3.8, 4) is 11.4 Å². The molecule has 0 saturated carbocycles. The van der Waals surface area contributed by atoms with Crippen LogP contribution in [0, 0.1) is 6.92 Å².